The predicted octanol–water partition coefficient (Wildman–Crippen LogP) is 3.55. The fourth-order valence-corrected chi connectivity index (χ4v) is 3.66. The average Bonchev–Trinajstić information content (AvgIpc) is 2.65. The molecule has 8 heteroatoms. The zero-order valence-corrected chi connectivity index (χ0v) is 14.9. The Morgan fingerprint density at radius 1 is 1.00 bits per heavy atom. The summed E-state index contributed by atoms with van der Waals surface area (Å²) in [5.74, 6) is -1.40. The van der Waals surface area contributed by atoms with Gasteiger partial charge in [-0.25, -0.2) is 9.00 Å². The van der Waals surface area contributed by atoms with Crippen LogP contribution >= 0.6 is 0 Å². The Labute approximate surface area is 160 Å². The molecule has 0 saturated carbocycles. The monoisotopic (exact) mass is 396 g/mol. The molecule has 0 radical (unpaired) electrons. The first-order valence-corrected chi connectivity index (χ1v) is 9.14. The summed E-state index contributed by atoms with van der Waals surface area (Å²) in [6, 6.07) is 12.8. The van der Waals surface area contributed by atoms with Gasteiger partial charge >= 0.3 is 5.97 Å². The third-order valence-electron chi connectivity index (χ3n) is 4.39. The van der Waals surface area contributed by atoms with Gasteiger partial charge in [0.1, 0.15) is 22.0 Å². The highest BCUT2D eigenvalue weighted by Gasteiger charge is 2.23. The Hall–Kier alpha value is -3.49. The Bertz CT molecular complexity index is 1310. The molecule has 2 aromatic carbocycles. The first kappa shape index (κ1) is 17.9. The molecule has 3 N–H and O–H groups in total. The van der Waals surface area contributed by atoms with Crippen molar-refractivity contribution in [3.05, 3.63) is 70.4 Å². The van der Waals surface area contributed by atoms with Gasteiger partial charge in [-0.1, -0.05) is 18.2 Å². The van der Waals surface area contributed by atoms with Crippen LogP contribution in [0.15, 0.2) is 68.7 Å². The van der Waals surface area contributed by atoms with Gasteiger partial charge < -0.3 is 19.2 Å². The molecule has 4 rings (SSSR count). The summed E-state index contributed by atoms with van der Waals surface area (Å²) in [6.45, 7) is 0. The van der Waals surface area contributed by atoms with Gasteiger partial charge in [-0.3, -0.25) is 4.79 Å². The Morgan fingerprint density at radius 2 is 1.75 bits per heavy atom. The predicted molar refractivity (Wildman–Crippen MR) is 102 cm³/mol. The summed E-state index contributed by atoms with van der Waals surface area (Å²) in [6.07, 6.45) is 0. The largest absolute Gasteiger partial charge is 0.506 e. The lowest BCUT2D eigenvalue weighted by Crippen LogP contribution is -2.03. The quantitative estimate of drug-likeness (QED) is 0.357. The maximum absolute atomic E-state index is 11.8. The Kier molecular flexibility index (Phi) is 4.21. The van der Waals surface area contributed by atoms with Crippen molar-refractivity contribution in [1.29, 1.82) is 0 Å². The summed E-state index contributed by atoms with van der Waals surface area (Å²) in [5.41, 5.74) is 1.08. The van der Waals surface area contributed by atoms with Crippen LogP contribution in [-0.2, 0) is 11.1 Å². The SMILES string of the molecule is O=C(O)c1ccccc1-c1c2ccc(=O)cc-2oc2cc(O)c(S(=O)O)cc12. The first-order chi connectivity index (χ1) is 13.4. The minimum atomic E-state index is -2.47. The number of hydrogen-bond donors (Lipinski definition) is 3. The number of rotatable bonds is 3. The van der Waals surface area contributed by atoms with Gasteiger partial charge in [0.15, 0.2) is 16.5 Å². The highest BCUT2D eigenvalue weighted by atomic mass is 32.2. The van der Waals surface area contributed by atoms with Crippen molar-refractivity contribution in [2.24, 2.45) is 0 Å². The van der Waals surface area contributed by atoms with E-state index in [-0.39, 0.29) is 27.2 Å². The van der Waals surface area contributed by atoms with Crippen molar-refractivity contribution in [1.82, 2.24) is 0 Å². The number of carboxylic acids is 1. The summed E-state index contributed by atoms with van der Waals surface area (Å²) < 4.78 is 26.8. The van der Waals surface area contributed by atoms with E-state index < -0.39 is 22.8 Å². The molecule has 0 saturated heterocycles. The van der Waals surface area contributed by atoms with Crippen LogP contribution in [0.5, 0.6) is 5.75 Å². The lowest BCUT2D eigenvalue weighted by Gasteiger charge is -2.17. The molecule has 1 atom stereocenters. The van der Waals surface area contributed by atoms with Gasteiger partial charge in [-0.2, -0.15) is 0 Å². The second-order valence-corrected chi connectivity index (χ2v) is 6.99. The smallest absolute Gasteiger partial charge is 0.336 e. The minimum Gasteiger partial charge on any atom is -0.506 e. The van der Waals surface area contributed by atoms with Crippen molar-refractivity contribution in [2.75, 3.05) is 0 Å². The zero-order valence-electron chi connectivity index (χ0n) is 14.1. The van der Waals surface area contributed by atoms with Gasteiger partial charge in [-0.05, 0) is 29.8 Å². The van der Waals surface area contributed by atoms with Crippen molar-refractivity contribution in [3.63, 3.8) is 0 Å². The van der Waals surface area contributed by atoms with Crippen LogP contribution < -0.4 is 5.43 Å². The van der Waals surface area contributed by atoms with Crippen LogP contribution in [0.25, 0.3) is 33.4 Å². The van der Waals surface area contributed by atoms with Crippen molar-refractivity contribution in [2.45, 2.75) is 4.90 Å². The highest BCUT2D eigenvalue weighted by Crippen LogP contribution is 2.43. The number of aromatic carboxylic acids is 1. The number of phenolic OH excluding ortho intramolecular Hbond substituents is 1. The molecule has 1 heterocycles. The van der Waals surface area contributed by atoms with E-state index in [2.05, 4.69) is 0 Å². The van der Waals surface area contributed by atoms with Crippen molar-refractivity contribution < 1.29 is 28.2 Å². The lowest BCUT2D eigenvalue weighted by molar-refractivity contribution is 0.0697. The maximum atomic E-state index is 11.8. The van der Waals surface area contributed by atoms with Crippen LogP contribution in [-0.4, -0.2) is 24.9 Å². The molecule has 0 amide bonds. The van der Waals surface area contributed by atoms with E-state index in [4.69, 9.17) is 4.42 Å². The molecule has 2 aromatic rings. The van der Waals surface area contributed by atoms with E-state index in [0.717, 1.165) is 0 Å². The average molecular weight is 396 g/mol. The van der Waals surface area contributed by atoms with E-state index in [1.54, 1.807) is 18.2 Å². The fraction of sp³-hybridized carbons (Fsp3) is 0. The molecule has 7 nitrogen and oxygen atoms in total. The Balaban J connectivity index is 2.25. The molecule has 0 spiro atoms. The van der Waals surface area contributed by atoms with Gasteiger partial charge in [-0.15, -0.1) is 0 Å². The molecule has 1 aliphatic carbocycles. The second-order valence-electron chi connectivity index (χ2n) is 6.05. The molecule has 0 bridgehead atoms. The topological polar surface area (TPSA) is 125 Å². The molecule has 28 heavy (non-hydrogen) atoms. The van der Waals surface area contributed by atoms with E-state index in [0.29, 0.717) is 22.1 Å². The van der Waals surface area contributed by atoms with Gasteiger partial charge in [0.05, 0.1) is 5.56 Å². The van der Waals surface area contributed by atoms with E-state index in [1.165, 1.54) is 36.4 Å². The number of aromatic hydroxyl groups is 1. The molecule has 0 aromatic heterocycles. The van der Waals surface area contributed by atoms with E-state index in [9.17, 15) is 28.6 Å². The number of phenols is 1. The van der Waals surface area contributed by atoms with Crippen molar-refractivity contribution in [3.8, 4) is 28.2 Å². The van der Waals surface area contributed by atoms with E-state index >= 15 is 0 Å². The second kappa shape index (κ2) is 6.59. The summed E-state index contributed by atoms with van der Waals surface area (Å²) in [4.78, 5) is 23.3. The molecular weight excluding hydrogens is 384 g/mol. The minimum absolute atomic E-state index is 0.0160. The van der Waals surface area contributed by atoms with Gasteiger partial charge in [0, 0.05) is 28.6 Å². The van der Waals surface area contributed by atoms with Crippen LogP contribution in [0.1, 0.15) is 10.4 Å². The summed E-state index contributed by atoms with van der Waals surface area (Å²) >= 11 is -2.47. The van der Waals surface area contributed by atoms with Crippen LogP contribution in [0.3, 0.4) is 0 Å². The first-order valence-electron chi connectivity index (χ1n) is 8.04. The summed E-state index contributed by atoms with van der Waals surface area (Å²) in [5, 5.41) is 20.0. The Morgan fingerprint density at radius 3 is 2.46 bits per heavy atom. The standard InChI is InChI=1S/C20H12O7S/c21-10-5-6-13-16(7-10)27-17-9-15(22)18(28(25)26)8-14(17)19(13)11-3-1-2-4-12(11)20(23)24/h1-9,22H,(H,23,24)(H,25,26). The zero-order chi connectivity index (χ0) is 20.0. The van der Waals surface area contributed by atoms with Crippen molar-refractivity contribution >= 4 is 28.0 Å². The maximum Gasteiger partial charge on any atom is 0.336 e. The third-order valence-corrected chi connectivity index (χ3v) is 5.09. The van der Waals surface area contributed by atoms with Crippen LogP contribution in [0, 0.1) is 0 Å². The molecule has 1 unspecified atom stereocenters. The molecular formula is C20H12O7S. The molecule has 2 aliphatic rings. The molecule has 1 aliphatic heterocycles. The number of benzene rings is 3. The van der Waals surface area contributed by atoms with E-state index in [1.807, 2.05) is 0 Å². The normalized spacial score (nSPS) is 12.3. The lowest BCUT2D eigenvalue weighted by atomic mass is 9.91. The van der Waals surface area contributed by atoms with Crippen LogP contribution in [0.2, 0.25) is 0 Å². The highest BCUT2D eigenvalue weighted by molar-refractivity contribution is 7.79. The fourth-order valence-electron chi connectivity index (χ4n) is 3.20. The number of hydrogen-bond acceptors (Lipinski definition) is 5. The third kappa shape index (κ3) is 2.84. The molecule has 140 valence electrons. The number of carbonyl (C=O) groups is 1. The van der Waals surface area contributed by atoms with Gasteiger partial charge in [0.2, 0.25) is 0 Å². The number of carboxylic acid groups (broad SMARTS) is 1. The number of fused-ring (bicyclic) bond motifs is 2. The summed E-state index contributed by atoms with van der Waals surface area (Å²) in [7, 11) is 0. The molecule has 0 fully saturated rings. The van der Waals surface area contributed by atoms with Crippen LogP contribution in [0.4, 0.5) is 0 Å². The van der Waals surface area contributed by atoms with Gasteiger partial charge in [0.25, 0.3) is 0 Å².